The molecule has 0 aliphatic carbocycles. The van der Waals surface area contributed by atoms with Crippen molar-refractivity contribution < 1.29 is 4.42 Å². The number of hydrogen-bond donors (Lipinski definition) is 0. The SMILES string of the molecule is c1ccc(-c2nc(CSc3nc4ccccc4s3)co2)cc1. The molecule has 0 radical (unpaired) electrons. The van der Waals surface area contributed by atoms with Crippen LogP contribution in [-0.4, -0.2) is 9.97 Å². The Balaban J connectivity index is 1.49. The maximum Gasteiger partial charge on any atom is 0.226 e. The lowest BCUT2D eigenvalue weighted by molar-refractivity contribution is 0.573. The minimum absolute atomic E-state index is 0.667. The minimum atomic E-state index is 0.667. The van der Waals surface area contributed by atoms with Gasteiger partial charge in [-0.25, -0.2) is 9.97 Å². The van der Waals surface area contributed by atoms with E-state index in [4.69, 9.17) is 4.42 Å². The Morgan fingerprint density at radius 3 is 2.64 bits per heavy atom. The Hall–Kier alpha value is -2.11. The molecule has 5 heteroatoms. The van der Waals surface area contributed by atoms with Gasteiger partial charge >= 0.3 is 0 Å². The number of fused-ring (bicyclic) bond motifs is 1. The molecule has 3 nitrogen and oxygen atoms in total. The average Bonchev–Trinajstić information content (AvgIpc) is 3.20. The second-order valence-corrected chi connectivity index (χ2v) is 7.00. The lowest BCUT2D eigenvalue weighted by Gasteiger charge is -1.93. The standard InChI is InChI=1S/C17H12N2OS2/c1-2-6-12(7-3-1)16-18-13(10-20-16)11-21-17-19-14-8-4-5-9-15(14)22-17/h1-10H,11H2. The fourth-order valence-corrected chi connectivity index (χ4v) is 4.08. The van der Waals surface area contributed by atoms with Gasteiger partial charge in [0.1, 0.15) is 6.26 Å². The second kappa shape index (κ2) is 5.94. The van der Waals surface area contributed by atoms with Crippen molar-refractivity contribution in [1.29, 1.82) is 0 Å². The second-order valence-electron chi connectivity index (χ2n) is 4.75. The third-order valence-electron chi connectivity index (χ3n) is 3.19. The quantitative estimate of drug-likeness (QED) is 0.481. The van der Waals surface area contributed by atoms with Crippen molar-refractivity contribution in [2.24, 2.45) is 0 Å². The Kier molecular flexibility index (Phi) is 3.66. The molecule has 0 saturated carbocycles. The maximum absolute atomic E-state index is 5.56. The highest BCUT2D eigenvalue weighted by Gasteiger charge is 2.08. The molecule has 22 heavy (non-hydrogen) atoms. The van der Waals surface area contributed by atoms with Crippen molar-refractivity contribution in [2.75, 3.05) is 0 Å². The van der Waals surface area contributed by atoms with Crippen LogP contribution in [0.3, 0.4) is 0 Å². The first-order valence-corrected chi connectivity index (χ1v) is 8.67. The summed E-state index contributed by atoms with van der Waals surface area (Å²) < 4.78 is 7.83. The van der Waals surface area contributed by atoms with Crippen molar-refractivity contribution in [3.8, 4) is 11.5 Å². The minimum Gasteiger partial charge on any atom is -0.444 e. The van der Waals surface area contributed by atoms with E-state index in [-0.39, 0.29) is 0 Å². The van der Waals surface area contributed by atoms with E-state index in [2.05, 4.69) is 16.0 Å². The van der Waals surface area contributed by atoms with Crippen LogP contribution in [0.15, 0.2) is 69.6 Å². The van der Waals surface area contributed by atoms with Crippen LogP contribution >= 0.6 is 23.1 Å². The predicted molar refractivity (Wildman–Crippen MR) is 91.1 cm³/mol. The molecule has 4 rings (SSSR count). The van der Waals surface area contributed by atoms with Gasteiger partial charge in [0.2, 0.25) is 5.89 Å². The van der Waals surface area contributed by atoms with E-state index in [1.165, 1.54) is 4.70 Å². The zero-order chi connectivity index (χ0) is 14.8. The lowest BCUT2D eigenvalue weighted by Crippen LogP contribution is -1.81. The van der Waals surface area contributed by atoms with Crippen molar-refractivity contribution in [2.45, 2.75) is 10.1 Å². The third kappa shape index (κ3) is 2.77. The van der Waals surface area contributed by atoms with Crippen molar-refractivity contribution in [3.63, 3.8) is 0 Å². The van der Waals surface area contributed by atoms with Crippen LogP contribution in [0.4, 0.5) is 0 Å². The topological polar surface area (TPSA) is 38.9 Å². The molecule has 0 atom stereocenters. The van der Waals surface area contributed by atoms with Crippen LogP contribution in [0.5, 0.6) is 0 Å². The molecule has 2 heterocycles. The van der Waals surface area contributed by atoms with Crippen LogP contribution in [0.1, 0.15) is 5.69 Å². The van der Waals surface area contributed by atoms with Crippen LogP contribution in [-0.2, 0) is 5.75 Å². The highest BCUT2D eigenvalue weighted by atomic mass is 32.2. The Bertz CT molecular complexity index is 866. The third-order valence-corrected chi connectivity index (χ3v) is 5.40. The Morgan fingerprint density at radius 1 is 0.955 bits per heavy atom. The van der Waals surface area contributed by atoms with E-state index < -0.39 is 0 Å². The van der Waals surface area contributed by atoms with E-state index in [0.717, 1.165) is 26.9 Å². The molecule has 0 bridgehead atoms. The summed E-state index contributed by atoms with van der Waals surface area (Å²) in [5.74, 6) is 1.43. The summed E-state index contributed by atoms with van der Waals surface area (Å²) in [6, 6.07) is 18.1. The summed E-state index contributed by atoms with van der Waals surface area (Å²) in [5, 5.41) is 0. The summed E-state index contributed by atoms with van der Waals surface area (Å²) in [6.07, 6.45) is 1.72. The van der Waals surface area contributed by atoms with Crippen molar-refractivity contribution >= 4 is 33.3 Å². The van der Waals surface area contributed by atoms with E-state index >= 15 is 0 Å². The lowest BCUT2D eigenvalue weighted by atomic mass is 10.2. The molecule has 0 saturated heterocycles. The summed E-state index contributed by atoms with van der Waals surface area (Å²) in [5.41, 5.74) is 2.99. The number of hydrogen-bond acceptors (Lipinski definition) is 5. The number of oxazole rings is 1. The van der Waals surface area contributed by atoms with E-state index in [9.17, 15) is 0 Å². The molecule has 0 N–H and O–H groups in total. The number of rotatable bonds is 4. The predicted octanol–water partition coefficient (Wildman–Crippen LogP) is 5.24. The van der Waals surface area contributed by atoms with E-state index in [0.29, 0.717) is 5.89 Å². The highest BCUT2D eigenvalue weighted by molar-refractivity contribution is 8.00. The molecule has 0 fully saturated rings. The van der Waals surface area contributed by atoms with Gasteiger partial charge in [-0.1, -0.05) is 42.1 Å². The van der Waals surface area contributed by atoms with Crippen LogP contribution in [0, 0.1) is 0 Å². The summed E-state index contributed by atoms with van der Waals surface area (Å²) >= 11 is 3.41. The van der Waals surface area contributed by atoms with Gasteiger partial charge in [-0.05, 0) is 24.3 Å². The Labute approximate surface area is 136 Å². The number of thiazole rings is 1. The zero-order valence-electron chi connectivity index (χ0n) is 11.6. The number of para-hydroxylation sites is 1. The van der Waals surface area contributed by atoms with Gasteiger partial charge in [-0.2, -0.15) is 0 Å². The number of benzene rings is 2. The first-order chi connectivity index (χ1) is 10.9. The molecule has 0 aliphatic rings. The first kappa shape index (κ1) is 13.5. The largest absolute Gasteiger partial charge is 0.444 e. The molecule has 0 unspecified atom stereocenters. The molecule has 0 amide bonds. The van der Waals surface area contributed by atoms with Gasteiger partial charge in [-0.15, -0.1) is 11.3 Å². The van der Waals surface area contributed by atoms with Crippen LogP contribution in [0.25, 0.3) is 21.7 Å². The van der Waals surface area contributed by atoms with Gasteiger partial charge in [0, 0.05) is 11.3 Å². The molecule has 0 spiro atoms. The van der Waals surface area contributed by atoms with Gasteiger partial charge in [0.25, 0.3) is 0 Å². The monoisotopic (exact) mass is 324 g/mol. The normalized spacial score (nSPS) is 11.1. The summed E-state index contributed by atoms with van der Waals surface area (Å²) in [7, 11) is 0. The maximum atomic E-state index is 5.56. The number of thioether (sulfide) groups is 1. The fraction of sp³-hybridized carbons (Fsp3) is 0.0588. The van der Waals surface area contributed by atoms with Crippen LogP contribution < -0.4 is 0 Å². The van der Waals surface area contributed by atoms with E-state index in [1.807, 2.05) is 48.5 Å². The van der Waals surface area contributed by atoms with Gasteiger partial charge in [0.15, 0.2) is 4.34 Å². The molecule has 2 aromatic carbocycles. The van der Waals surface area contributed by atoms with Gasteiger partial charge in [0.05, 0.1) is 15.9 Å². The molecule has 2 aromatic heterocycles. The highest BCUT2D eigenvalue weighted by Crippen LogP contribution is 2.31. The molecule has 108 valence electrons. The van der Waals surface area contributed by atoms with Crippen LogP contribution in [0.2, 0.25) is 0 Å². The fourth-order valence-electron chi connectivity index (χ4n) is 2.14. The average molecular weight is 324 g/mol. The van der Waals surface area contributed by atoms with E-state index in [1.54, 1.807) is 29.4 Å². The van der Waals surface area contributed by atoms with Gasteiger partial charge in [-0.3, -0.25) is 0 Å². The molecular weight excluding hydrogens is 312 g/mol. The summed E-state index contributed by atoms with van der Waals surface area (Å²) in [4.78, 5) is 9.15. The van der Waals surface area contributed by atoms with Gasteiger partial charge < -0.3 is 4.42 Å². The zero-order valence-corrected chi connectivity index (χ0v) is 13.2. The first-order valence-electron chi connectivity index (χ1n) is 6.87. The molecule has 4 aromatic rings. The smallest absolute Gasteiger partial charge is 0.226 e. The summed E-state index contributed by atoms with van der Waals surface area (Å²) in [6.45, 7) is 0. The molecule has 0 aliphatic heterocycles. The Morgan fingerprint density at radius 2 is 1.77 bits per heavy atom. The molecular formula is C17H12N2OS2. The number of aromatic nitrogens is 2. The number of nitrogens with zero attached hydrogens (tertiary/aromatic N) is 2. The van der Waals surface area contributed by atoms with Crippen molar-refractivity contribution in [3.05, 3.63) is 66.6 Å². The van der Waals surface area contributed by atoms with Crippen molar-refractivity contribution in [1.82, 2.24) is 9.97 Å².